The van der Waals surface area contributed by atoms with Crippen LogP contribution in [0.4, 0.5) is 5.82 Å². The fourth-order valence-corrected chi connectivity index (χ4v) is 11.9. The Morgan fingerprint density at radius 1 is 0.965 bits per heavy atom. The van der Waals surface area contributed by atoms with Crippen molar-refractivity contribution in [2.45, 2.75) is 64.8 Å². The number of carbonyl (C=O) groups is 4. The van der Waals surface area contributed by atoms with E-state index < -0.39 is 35.0 Å². The zero-order valence-corrected chi connectivity index (χ0v) is 34.2. The second kappa shape index (κ2) is 13.9. The van der Waals surface area contributed by atoms with Gasteiger partial charge in [-0.3, -0.25) is 28.8 Å². The number of aromatic nitrogens is 2. The number of carbonyl (C=O) groups excluding carboxylic acids is 4. The first-order valence-electron chi connectivity index (χ1n) is 19.7. The van der Waals surface area contributed by atoms with E-state index in [1.807, 2.05) is 44.2 Å². The van der Waals surface area contributed by atoms with Crippen LogP contribution in [0.2, 0.25) is 5.02 Å². The number of fused-ring (bicyclic) bond motifs is 5. The molecule has 57 heavy (non-hydrogen) atoms. The summed E-state index contributed by atoms with van der Waals surface area (Å²) in [6, 6.07) is 10.8. The SMILES string of the molecule is COc1cc(C=CC2C3=CCC4C(=O)N(C5CCCCC5)C(=O)C4C3CC3C(=O)N(c4cc(-c5sc6ccc(Cl)cc6c5C)nn4C)C(=O)C23C)cc(OC)c1O. The molecule has 5 aliphatic rings. The number of hydrogen-bond donors (Lipinski definition) is 1. The first kappa shape index (κ1) is 37.6. The Bertz CT molecular complexity index is 2420. The second-order valence-corrected chi connectivity index (χ2v) is 17.9. The molecule has 2 aromatic carbocycles. The summed E-state index contributed by atoms with van der Waals surface area (Å²) in [5, 5.41) is 17.1. The number of imide groups is 2. The van der Waals surface area contributed by atoms with Crippen LogP contribution in [0.3, 0.4) is 0 Å². The molecule has 1 N–H and O–H groups in total. The third-order valence-corrected chi connectivity index (χ3v) is 15.0. The topological polar surface area (TPSA) is 131 Å². The zero-order valence-electron chi connectivity index (χ0n) is 32.6. The van der Waals surface area contributed by atoms with Crippen molar-refractivity contribution in [3.05, 3.63) is 70.3 Å². The van der Waals surface area contributed by atoms with Gasteiger partial charge in [-0.05, 0) is 92.3 Å². The van der Waals surface area contributed by atoms with Crippen molar-refractivity contribution in [3.63, 3.8) is 0 Å². The first-order valence-corrected chi connectivity index (χ1v) is 20.9. The zero-order chi connectivity index (χ0) is 40.1. The number of phenols is 1. The predicted octanol–water partition coefficient (Wildman–Crippen LogP) is 8.10. The van der Waals surface area contributed by atoms with Crippen molar-refractivity contribution in [1.29, 1.82) is 0 Å². The van der Waals surface area contributed by atoms with Crippen LogP contribution >= 0.6 is 22.9 Å². The van der Waals surface area contributed by atoms with Gasteiger partial charge in [0, 0.05) is 34.8 Å². The molecule has 0 radical (unpaired) electrons. The summed E-state index contributed by atoms with van der Waals surface area (Å²) < 4.78 is 13.5. The quantitative estimate of drug-likeness (QED) is 0.147. The van der Waals surface area contributed by atoms with Gasteiger partial charge in [0.2, 0.25) is 29.4 Å². The van der Waals surface area contributed by atoms with E-state index in [1.54, 1.807) is 46.2 Å². The minimum Gasteiger partial charge on any atom is -0.502 e. The number of likely N-dealkylation sites (tertiary alicyclic amines) is 1. The highest BCUT2D eigenvalue weighted by atomic mass is 35.5. The summed E-state index contributed by atoms with van der Waals surface area (Å²) in [6.45, 7) is 3.88. The van der Waals surface area contributed by atoms with E-state index in [-0.39, 0.29) is 53.3 Å². The van der Waals surface area contributed by atoms with Gasteiger partial charge in [-0.2, -0.15) is 5.10 Å². The lowest BCUT2D eigenvalue weighted by molar-refractivity contribution is -0.144. The molecule has 13 heteroatoms. The van der Waals surface area contributed by atoms with Gasteiger partial charge in [0.05, 0.1) is 42.3 Å². The van der Waals surface area contributed by atoms with Crippen LogP contribution in [0.25, 0.3) is 26.7 Å². The third kappa shape index (κ3) is 5.61. The molecule has 11 nitrogen and oxygen atoms in total. The number of thiophene rings is 1. The lowest BCUT2D eigenvalue weighted by atomic mass is 9.52. The van der Waals surface area contributed by atoms with E-state index in [0.29, 0.717) is 28.5 Å². The minimum absolute atomic E-state index is 0.0948. The standard InChI is InChI=1S/C44H45ClN4O7S/c1-22-28-19-24(45)12-16-35(28)57-39(22)32-21-36(47(3)46-32)49-41(52)31-20-29-26(13-14-27-37(29)42(53)48(40(27)51)25-9-7-6-8-10-25)30(44(31,2)43(49)54)15-11-23-17-33(55-4)38(50)34(18-23)56-5/h11-13,15-19,21,25,27,29-31,37,50H,6-10,14,20H2,1-5H3. The number of rotatable bonds is 7. The number of methoxy groups -OCH3 is 2. The summed E-state index contributed by atoms with van der Waals surface area (Å²) in [5.41, 5.74) is 1.99. The molecule has 4 heterocycles. The van der Waals surface area contributed by atoms with Crippen LogP contribution in [-0.4, -0.2) is 63.7 Å². The van der Waals surface area contributed by atoms with E-state index in [4.69, 9.17) is 26.2 Å². The first-order chi connectivity index (χ1) is 27.4. The van der Waals surface area contributed by atoms with Crippen molar-refractivity contribution in [2.75, 3.05) is 19.1 Å². The molecule has 296 valence electrons. The van der Waals surface area contributed by atoms with Gasteiger partial charge >= 0.3 is 0 Å². The lowest BCUT2D eigenvalue weighted by Gasteiger charge is -2.48. The Balaban J connectivity index is 1.13. The Morgan fingerprint density at radius 3 is 2.39 bits per heavy atom. The molecule has 2 saturated heterocycles. The van der Waals surface area contributed by atoms with E-state index >= 15 is 4.79 Å². The number of aryl methyl sites for hydroxylation is 2. The maximum absolute atomic E-state index is 15.1. The van der Waals surface area contributed by atoms with E-state index in [9.17, 15) is 19.5 Å². The highest BCUT2D eigenvalue weighted by Crippen LogP contribution is 2.61. The van der Waals surface area contributed by atoms with Crippen LogP contribution in [0.1, 0.15) is 63.0 Å². The molecule has 2 aromatic heterocycles. The normalized spacial score (nSPS) is 27.7. The van der Waals surface area contributed by atoms with Gasteiger partial charge in [0.15, 0.2) is 11.5 Å². The lowest BCUT2D eigenvalue weighted by Crippen LogP contribution is -2.49. The number of aromatic hydroxyl groups is 1. The maximum Gasteiger partial charge on any atom is 0.242 e. The van der Waals surface area contributed by atoms with Crippen LogP contribution in [-0.2, 0) is 26.2 Å². The number of nitrogens with zero attached hydrogens (tertiary/aromatic N) is 4. The Hall–Kier alpha value is -4.94. The van der Waals surface area contributed by atoms with E-state index in [1.165, 1.54) is 19.1 Å². The van der Waals surface area contributed by atoms with E-state index in [0.717, 1.165) is 58.2 Å². The molecule has 4 aromatic rings. The molecule has 9 rings (SSSR count). The number of amides is 4. The molecule has 0 bridgehead atoms. The molecule has 2 saturated carbocycles. The van der Waals surface area contributed by atoms with Gasteiger partial charge in [-0.1, -0.05) is 54.7 Å². The third-order valence-electron chi connectivity index (χ3n) is 13.5. The number of ether oxygens (including phenoxy) is 2. The fraction of sp³-hybridized carbons (Fsp3) is 0.432. The van der Waals surface area contributed by atoms with Crippen LogP contribution in [0.15, 0.2) is 54.1 Å². The molecule has 0 spiro atoms. The van der Waals surface area contributed by atoms with Gasteiger partial charge in [-0.25, -0.2) is 4.90 Å². The number of benzene rings is 2. The molecule has 4 fully saturated rings. The van der Waals surface area contributed by atoms with Gasteiger partial charge < -0.3 is 14.6 Å². The molecule has 6 atom stereocenters. The molecular formula is C44H45ClN4O7S. The van der Waals surface area contributed by atoms with Gasteiger partial charge in [-0.15, -0.1) is 11.3 Å². The number of phenolic OH excluding ortho intramolecular Hbond substituents is 1. The molecular weight excluding hydrogens is 764 g/mol. The van der Waals surface area contributed by atoms with Crippen molar-refractivity contribution in [1.82, 2.24) is 14.7 Å². The van der Waals surface area contributed by atoms with Crippen LogP contribution in [0.5, 0.6) is 17.2 Å². The van der Waals surface area contributed by atoms with Crippen molar-refractivity contribution >= 4 is 68.5 Å². The fourth-order valence-electron chi connectivity index (χ4n) is 10.6. The van der Waals surface area contributed by atoms with Crippen molar-refractivity contribution in [3.8, 4) is 27.8 Å². The van der Waals surface area contributed by atoms with Gasteiger partial charge in [0.1, 0.15) is 11.5 Å². The number of allylic oxidation sites excluding steroid dienone is 3. The number of hydrogen-bond acceptors (Lipinski definition) is 9. The van der Waals surface area contributed by atoms with Crippen LogP contribution < -0.4 is 14.4 Å². The summed E-state index contributed by atoms with van der Waals surface area (Å²) in [5.74, 6) is -3.12. The van der Waals surface area contributed by atoms with Crippen LogP contribution in [0, 0.1) is 41.9 Å². The van der Waals surface area contributed by atoms with Crippen molar-refractivity contribution in [2.24, 2.45) is 42.1 Å². The second-order valence-electron chi connectivity index (χ2n) is 16.4. The molecule has 3 aliphatic carbocycles. The van der Waals surface area contributed by atoms with Gasteiger partial charge in [0.25, 0.3) is 0 Å². The minimum atomic E-state index is -1.22. The molecule has 2 aliphatic heterocycles. The molecule has 6 unspecified atom stereocenters. The Labute approximate surface area is 339 Å². The van der Waals surface area contributed by atoms with Crippen molar-refractivity contribution < 1.29 is 33.8 Å². The van der Waals surface area contributed by atoms with E-state index in [2.05, 4.69) is 6.08 Å². The summed E-state index contributed by atoms with van der Waals surface area (Å²) in [4.78, 5) is 62.4. The highest BCUT2D eigenvalue weighted by molar-refractivity contribution is 7.22. The predicted molar refractivity (Wildman–Crippen MR) is 218 cm³/mol. The molecule has 4 amide bonds. The average Bonchev–Trinajstić information content (AvgIpc) is 3.88. The number of anilines is 1. The average molecular weight is 809 g/mol. The Morgan fingerprint density at radius 2 is 1.68 bits per heavy atom. The number of halogens is 1. The summed E-state index contributed by atoms with van der Waals surface area (Å²) in [7, 11) is 4.65. The monoisotopic (exact) mass is 808 g/mol. The highest BCUT2D eigenvalue weighted by Gasteiger charge is 2.67. The largest absolute Gasteiger partial charge is 0.502 e. The smallest absolute Gasteiger partial charge is 0.242 e. The summed E-state index contributed by atoms with van der Waals surface area (Å²) >= 11 is 7.92. The maximum atomic E-state index is 15.1. The summed E-state index contributed by atoms with van der Waals surface area (Å²) in [6.07, 6.45) is 11.2. The Kier molecular flexibility index (Phi) is 9.15.